The van der Waals surface area contributed by atoms with Crippen LogP contribution < -0.4 is 27.4 Å². The van der Waals surface area contributed by atoms with Crippen LogP contribution in [0.15, 0.2) is 30.3 Å². The predicted octanol–water partition coefficient (Wildman–Crippen LogP) is -0.0981. The van der Waals surface area contributed by atoms with Gasteiger partial charge in [0.05, 0.1) is 12.6 Å². The number of carboxylic acid groups (broad SMARTS) is 1. The van der Waals surface area contributed by atoms with Crippen LogP contribution in [-0.2, 0) is 25.6 Å². The lowest BCUT2D eigenvalue weighted by molar-refractivity contribution is -0.142. The summed E-state index contributed by atoms with van der Waals surface area (Å²) in [4.78, 5) is 48.9. The third-order valence-corrected chi connectivity index (χ3v) is 4.99. The molecule has 0 aliphatic carbocycles. The molecule has 0 aliphatic rings. The molecule has 33 heavy (non-hydrogen) atoms. The Morgan fingerprint density at radius 3 is 2.21 bits per heavy atom. The predicted molar refractivity (Wildman–Crippen MR) is 125 cm³/mol. The van der Waals surface area contributed by atoms with Gasteiger partial charge in [-0.15, -0.1) is 0 Å². The number of carbonyl (C=O) groups excluding carboxylic acids is 3. The molecule has 0 radical (unpaired) electrons. The number of nitrogens with one attached hydrogen (secondary N) is 3. The van der Waals surface area contributed by atoms with Gasteiger partial charge in [0.2, 0.25) is 17.7 Å². The average molecular weight is 464 g/mol. The van der Waals surface area contributed by atoms with Crippen LogP contribution in [0.5, 0.6) is 0 Å². The molecule has 10 nitrogen and oxygen atoms in total. The van der Waals surface area contributed by atoms with Gasteiger partial charge in [-0.2, -0.15) is 0 Å². The van der Waals surface area contributed by atoms with E-state index in [1.165, 1.54) is 0 Å². The van der Waals surface area contributed by atoms with Gasteiger partial charge in [-0.25, -0.2) is 4.79 Å². The van der Waals surface area contributed by atoms with E-state index >= 15 is 0 Å². The largest absolute Gasteiger partial charge is 0.480 e. The number of carbonyl (C=O) groups is 4. The number of amides is 3. The Kier molecular flexibility index (Phi) is 12.7. The molecule has 0 bridgehead atoms. The normalized spacial score (nSPS) is 13.6. The highest BCUT2D eigenvalue weighted by atomic mass is 16.4. The Morgan fingerprint density at radius 2 is 1.64 bits per heavy atom. The molecule has 1 aromatic carbocycles. The van der Waals surface area contributed by atoms with Gasteiger partial charge in [0, 0.05) is 6.42 Å². The monoisotopic (exact) mass is 463 g/mol. The first kappa shape index (κ1) is 28.1. The highest BCUT2D eigenvalue weighted by molar-refractivity contribution is 5.92. The first-order valence-electron chi connectivity index (χ1n) is 11.2. The molecule has 3 atom stereocenters. The highest BCUT2D eigenvalue weighted by Gasteiger charge is 2.27. The molecule has 0 heterocycles. The quantitative estimate of drug-likeness (QED) is 0.197. The molecule has 8 N–H and O–H groups in total. The summed E-state index contributed by atoms with van der Waals surface area (Å²) in [6.45, 7) is 3.88. The summed E-state index contributed by atoms with van der Waals surface area (Å²) in [5.74, 6) is -2.74. The van der Waals surface area contributed by atoms with Crippen LogP contribution in [0.4, 0.5) is 0 Å². The van der Waals surface area contributed by atoms with Crippen LogP contribution in [-0.4, -0.2) is 60.0 Å². The molecular weight excluding hydrogens is 426 g/mol. The molecule has 0 fully saturated rings. The lowest BCUT2D eigenvalue weighted by Crippen LogP contribution is -2.54. The van der Waals surface area contributed by atoms with Gasteiger partial charge >= 0.3 is 5.97 Å². The molecule has 1 rings (SSSR count). The van der Waals surface area contributed by atoms with Crippen molar-refractivity contribution in [1.82, 2.24) is 16.0 Å². The summed E-state index contributed by atoms with van der Waals surface area (Å²) < 4.78 is 0. The fourth-order valence-corrected chi connectivity index (χ4v) is 3.21. The third-order valence-electron chi connectivity index (χ3n) is 4.99. The van der Waals surface area contributed by atoms with E-state index < -0.39 is 41.8 Å². The Labute approximate surface area is 194 Å². The van der Waals surface area contributed by atoms with Crippen LogP contribution in [0.25, 0.3) is 0 Å². The van der Waals surface area contributed by atoms with Crippen LogP contribution in [0.3, 0.4) is 0 Å². The van der Waals surface area contributed by atoms with Crippen LogP contribution in [0.1, 0.15) is 45.1 Å². The molecule has 3 amide bonds. The van der Waals surface area contributed by atoms with Crippen molar-refractivity contribution < 1.29 is 24.3 Å². The van der Waals surface area contributed by atoms with Crippen LogP contribution in [0, 0.1) is 5.92 Å². The summed E-state index contributed by atoms with van der Waals surface area (Å²) in [5.41, 5.74) is 12.0. The number of carboxylic acids is 1. The summed E-state index contributed by atoms with van der Waals surface area (Å²) in [5, 5.41) is 17.0. The molecule has 0 spiro atoms. The summed E-state index contributed by atoms with van der Waals surface area (Å²) in [6.07, 6.45) is 2.34. The SMILES string of the molecule is CC(C)CC(NC(=O)C(Cc1ccccc1)NC(=O)CNC(=O)C(N)CCCCN)C(=O)O. The molecule has 184 valence electrons. The van der Waals surface area contributed by atoms with Crippen molar-refractivity contribution in [3.63, 3.8) is 0 Å². The van der Waals surface area contributed by atoms with E-state index in [1.54, 1.807) is 24.3 Å². The molecule has 0 aliphatic heterocycles. The standard InChI is InChI=1S/C23H37N5O5/c1-15(2)12-19(23(32)33)28-22(31)18(13-16-8-4-3-5-9-16)27-20(29)14-26-21(30)17(25)10-6-7-11-24/h3-5,8-9,15,17-19H,6-7,10-14,24-25H2,1-2H3,(H,26,30)(H,27,29)(H,28,31)(H,32,33). The lowest BCUT2D eigenvalue weighted by Gasteiger charge is -2.23. The van der Waals surface area contributed by atoms with E-state index in [-0.39, 0.29) is 25.3 Å². The second-order valence-electron chi connectivity index (χ2n) is 8.45. The molecular formula is C23H37N5O5. The lowest BCUT2D eigenvalue weighted by atomic mass is 10.0. The number of nitrogens with two attached hydrogens (primary N) is 2. The van der Waals surface area contributed by atoms with Gasteiger partial charge in [0.25, 0.3) is 0 Å². The number of aliphatic carboxylic acids is 1. The van der Waals surface area contributed by atoms with Crippen molar-refractivity contribution in [3.8, 4) is 0 Å². The van der Waals surface area contributed by atoms with Gasteiger partial charge in [-0.1, -0.05) is 50.6 Å². The van der Waals surface area contributed by atoms with E-state index in [1.807, 2.05) is 19.9 Å². The first-order chi connectivity index (χ1) is 15.6. The smallest absolute Gasteiger partial charge is 0.326 e. The number of hydrogen-bond donors (Lipinski definition) is 6. The van der Waals surface area contributed by atoms with Crippen LogP contribution >= 0.6 is 0 Å². The molecule has 10 heteroatoms. The molecule has 1 aromatic rings. The maximum absolute atomic E-state index is 12.9. The second-order valence-corrected chi connectivity index (χ2v) is 8.45. The van der Waals surface area contributed by atoms with E-state index in [4.69, 9.17) is 11.5 Å². The van der Waals surface area contributed by atoms with Gasteiger partial charge < -0.3 is 32.5 Å². The number of benzene rings is 1. The zero-order valence-corrected chi connectivity index (χ0v) is 19.4. The Morgan fingerprint density at radius 1 is 0.970 bits per heavy atom. The van der Waals surface area contributed by atoms with Gasteiger partial charge in [-0.3, -0.25) is 14.4 Å². The topological polar surface area (TPSA) is 177 Å². The average Bonchev–Trinajstić information content (AvgIpc) is 2.76. The summed E-state index contributed by atoms with van der Waals surface area (Å²) >= 11 is 0. The number of hydrogen-bond acceptors (Lipinski definition) is 6. The summed E-state index contributed by atoms with van der Waals surface area (Å²) in [6, 6.07) is 6.21. The van der Waals surface area contributed by atoms with Crippen molar-refractivity contribution >= 4 is 23.7 Å². The van der Waals surface area contributed by atoms with Crippen molar-refractivity contribution in [3.05, 3.63) is 35.9 Å². The molecule has 0 saturated heterocycles. The van der Waals surface area contributed by atoms with E-state index in [9.17, 15) is 24.3 Å². The van der Waals surface area contributed by atoms with E-state index in [2.05, 4.69) is 16.0 Å². The fraction of sp³-hybridized carbons (Fsp3) is 0.565. The zero-order chi connectivity index (χ0) is 24.8. The second kappa shape index (κ2) is 15.0. The van der Waals surface area contributed by atoms with Gasteiger partial charge in [0.1, 0.15) is 12.1 Å². The van der Waals surface area contributed by atoms with Gasteiger partial charge in [0.15, 0.2) is 0 Å². The molecule has 3 unspecified atom stereocenters. The minimum atomic E-state index is -1.14. The Balaban J connectivity index is 2.77. The minimum absolute atomic E-state index is 0.0536. The fourth-order valence-electron chi connectivity index (χ4n) is 3.21. The first-order valence-corrected chi connectivity index (χ1v) is 11.2. The Hall–Kier alpha value is -2.98. The highest BCUT2D eigenvalue weighted by Crippen LogP contribution is 2.08. The van der Waals surface area contributed by atoms with Crippen molar-refractivity contribution in [2.75, 3.05) is 13.1 Å². The Bertz CT molecular complexity index is 772. The van der Waals surface area contributed by atoms with E-state index in [0.717, 1.165) is 12.0 Å². The molecule has 0 aromatic heterocycles. The van der Waals surface area contributed by atoms with Crippen molar-refractivity contribution in [1.29, 1.82) is 0 Å². The molecule has 0 saturated carbocycles. The van der Waals surface area contributed by atoms with Crippen molar-refractivity contribution in [2.24, 2.45) is 17.4 Å². The van der Waals surface area contributed by atoms with Crippen LogP contribution in [0.2, 0.25) is 0 Å². The minimum Gasteiger partial charge on any atom is -0.480 e. The number of unbranched alkanes of at least 4 members (excludes halogenated alkanes) is 1. The zero-order valence-electron chi connectivity index (χ0n) is 19.4. The van der Waals surface area contributed by atoms with Gasteiger partial charge in [-0.05, 0) is 37.3 Å². The third kappa shape index (κ3) is 11.4. The number of rotatable bonds is 15. The van der Waals surface area contributed by atoms with E-state index in [0.29, 0.717) is 19.4 Å². The summed E-state index contributed by atoms with van der Waals surface area (Å²) in [7, 11) is 0. The van der Waals surface area contributed by atoms with Crippen molar-refractivity contribution in [2.45, 2.75) is 64.1 Å². The maximum atomic E-state index is 12.9. The maximum Gasteiger partial charge on any atom is 0.326 e.